The van der Waals surface area contributed by atoms with Crippen molar-refractivity contribution >= 4 is 12.2 Å². The average Bonchev–Trinajstić information content (AvgIpc) is 2.76. The third-order valence-corrected chi connectivity index (χ3v) is 1.75. The first-order valence-corrected chi connectivity index (χ1v) is 4.47. The summed E-state index contributed by atoms with van der Waals surface area (Å²) in [6.45, 7) is 1.57. The molecular weight excluding hydrogens is 210 g/mol. The summed E-state index contributed by atoms with van der Waals surface area (Å²) < 4.78 is 0. The van der Waals surface area contributed by atoms with Gasteiger partial charge in [0.05, 0.1) is 24.4 Å². The summed E-state index contributed by atoms with van der Waals surface area (Å²) in [4.78, 5) is 20.3. The minimum absolute atomic E-state index is 0.186. The van der Waals surface area contributed by atoms with Gasteiger partial charge < -0.3 is 4.98 Å². The third-order valence-electron chi connectivity index (χ3n) is 1.75. The van der Waals surface area contributed by atoms with Crippen LogP contribution in [0.3, 0.4) is 0 Å². The van der Waals surface area contributed by atoms with Crippen molar-refractivity contribution in [1.82, 2.24) is 25.1 Å². The molecule has 8 heteroatoms. The third kappa shape index (κ3) is 2.29. The largest absolute Gasteiger partial charge is 0.344 e. The molecule has 82 valence electrons. The van der Waals surface area contributed by atoms with Gasteiger partial charge in [-0.1, -0.05) is 0 Å². The lowest BCUT2D eigenvalue weighted by atomic mass is 10.5. The first kappa shape index (κ1) is 10.0. The smallest absolute Gasteiger partial charge is 0.274 e. The lowest BCUT2D eigenvalue weighted by molar-refractivity contribution is 0.897. The number of anilines is 1. The molecule has 0 atom stereocenters. The second-order valence-electron chi connectivity index (χ2n) is 2.97. The van der Waals surface area contributed by atoms with E-state index in [2.05, 4.69) is 35.7 Å². The number of hydrazone groups is 1. The van der Waals surface area contributed by atoms with E-state index < -0.39 is 0 Å². The highest BCUT2D eigenvalue weighted by molar-refractivity contribution is 5.76. The summed E-state index contributed by atoms with van der Waals surface area (Å²) in [7, 11) is 0. The van der Waals surface area contributed by atoms with Crippen LogP contribution in [0.25, 0.3) is 0 Å². The highest BCUT2D eigenvalue weighted by atomic mass is 16.1. The molecule has 0 fully saturated rings. The number of aromatic amines is 2. The molecule has 2 aromatic heterocycles. The van der Waals surface area contributed by atoms with Crippen molar-refractivity contribution in [3.05, 3.63) is 34.3 Å². The molecule has 0 aliphatic rings. The summed E-state index contributed by atoms with van der Waals surface area (Å²) in [6, 6.07) is 0. The number of nitrogens with zero attached hydrogens (tertiary/aromatic N) is 4. The van der Waals surface area contributed by atoms with Gasteiger partial charge in [-0.25, -0.2) is 10.4 Å². The molecule has 2 heterocycles. The van der Waals surface area contributed by atoms with Crippen LogP contribution in [0.2, 0.25) is 0 Å². The van der Waals surface area contributed by atoms with E-state index in [9.17, 15) is 4.79 Å². The molecule has 2 aromatic rings. The molecule has 0 aliphatic carbocycles. The molecule has 8 nitrogen and oxygen atoms in total. The van der Waals surface area contributed by atoms with Crippen LogP contribution in [0, 0.1) is 6.92 Å². The van der Waals surface area contributed by atoms with Crippen LogP contribution in [0.4, 0.5) is 5.95 Å². The van der Waals surface area contributed by atoms with Gasteiger partial charge >= 0.3 is 0 Å². The second kappa shape index (κ2) is 4.34. The standard InChI is InChI=1S/C8H9N7O/c1-5-7(16)12-8(15-13-5)14-11-3-6-2-9-4-10-6/h2-4H,1H3,(H,9,10)(H2,12,14,15,16)/b11-3+. The van der Waals surface area contributed by atoms with Gasteiger partial charge in [-0.15, -0.1) is 10.2 Å². The van der Waals surface area contributed by atoms with Crippen molar-refractivity contribution in [2.24, 2.45) is 5.10 Å². The fourth-order valence-electron chi connectivity index (χ4n) is 0.944. The number of aryl methyl sites for hydroxylation is 1. The molecule has 0 radical (unpaired) electrons. The van der Waals surface area contributed by atoms with Crippen LogP contribution in [0.5, 0.6) is 0 Å². The van der Waals surface area contributed by atoms with Crippen LogP contribution >= 0.6 is 0 Å². The zero-order chi connectivity index (χ0) is 11.4. The SMILES string of the molecule is Cc1nnc(N/N=C/c2cnc[nH]2)[nH]c1=O. The molecule has 0 aromatic carbocycles. The van der Waals surface area contributed by atoms with Crippen molar-refractivity contribution in [3.8, 4) is 0 Å². The normalized spacial score (nSPS) is 10.8. The number of aromatic nitrogens is 5. The maximum Gasteiger partial charge on any atom is 0.274 e. The van der Waals surface area contributed by atoms with Crippen LogP contribution in [0.1, 0.15) is 11.4 Å². The van der Waals surface area contributed by atoms with Gasteiger partial charge in [0.25, 0.3) is 5.56 Å². The number of nitrogens with one attached hydrogen (secondary N) is 3. The molecular formula is C8H9N7O. The zero-order valence-electron chi connectivity index (χ0n) is 8.43. The summed E-state index contributed by atoms with van der Waals surface area (Å²) in [5, 5.41) is 11.2. The van der Waals surface area contributed by atoms with Crippen molar-refractivity contribution < 1.29 is 0 Å². The summed E-state index contributed by atoms with van der Waals surface area (Å²) >= 11 is 0. The van der Waals surface area contributed by atoms with Gasteiger partial charge in [0.1, 0.15) is 5.69 Å². The Morgan fingerprint density at radius 3 is 3.06 bits per heavy atom. The molecule has 16 heavy (non-hydrogen) atoms. The summed E-state index contributed by atoms with van der Waals surface area (Å²) in [5.74, 6) is 0.186. The monoisotopic (exact) mass is 219 g/mol. The van der Waals surface area contributed by atoms with Crippen molar-refractivity contribution in [3.63, 3.8) is 0 Å². The van der Waals surface area contributed by atoms with Gasteiger partial charge in [-0.2, -0.15) is 5.10 Å². The predicted molar refractivity (Wildman–Crippen MR) is 57.2 cm³/mol. The molecule has 0 bridgehead atoms. The summed E-state index contributed by atoms with van der Waals surface area (Å²) in [5.41, 5.74) is 3.29. The van der Waals surface area contributed by atoms with Crippen LogP contribution in [-0.2, 0) is 0 Å². The Morgan fingerprint density at radius 1 is 1.50 bits per heavy atom. The van der Waals surface area contributed by atoms with E-state index in [4.69, 9.17) is 0 Å². The predicted octanol–water partition coefficient (Wildman–Crippen LogP) is -0.358. The Kier molecular flexibility index (Phi) is 2.72. The number of imidazole rings is 1. The van der Waals surface area contributed by atoms with Gasteiger partial charge in [-0.05, 0) is 6.92 Å². The Bertz CT molecular complexity index is 542. The number of H-pyrrole nitrogens is 2. The average molecular weight is 219 g/mol. The molecule has 0 amide bonds. The minimum Gasteiger partial charge on any atom is -0.344 e. The maximum atomic E-state index is 11.2. The lowest BCUT2D eigenvalue weighted by Crippen LogP contribution is -2.15. The molecule has 0 saturated heterocycles. The maximum absolute atomic E-state index is 11.2. The quantitative estimate of drug-likeness (QED) is 0.482. The number of rotatable bonds is 3. The topological polar surface area (TPSA) is 112 Å². The zero-order valence-corrected chi connectivity index (χ0v) is 8.43. The number of hydrogen-bond acceptors (Lipinski definition) is 6. The van der Waals surface area contributed by atoms with E-state index in [0.717, 1.165) is 5.69 Å². The van der Waals surface area contributed by atoms with Crippen molar-refractivity contribution in [2.45, 2.75) is 6.92 Å². The van der Waals surface area contributed by atoms with E-state index in [0.29, 0.717) is 5.69 Å². The van der Waals surface area contributed by atoms with E-state index >= 15 is 0 Å². The van der Waals surface area contributed by atoms with E-state index in [1.54, 1.807) is 13.1 Å². The summed E-state index contributed by atoms with van der Waals surface area (Å²) in [6.07, 6.45) is 4.65. The molecule has 0 unspecified atom stereocenters. The van der Waals surface area contributed by atoms with Gasteiger partial charge in [0.2, 0.25) is 5.95 Å². The molecule has 2 rings (SSSR count). The Labute approximate surface area is 89.9 Å². The van der Waals surface area contributed by atoms with E-state index in [1.807, 2.05) is 0 Å². The molecule has 3 N–H and O–H groups in total. The molecule has 0 aliphatic heterocycles. The molecule has 0 spiro atoms. The number of hydrogen-bond donors (Lipinski definition) is 3. The van der Waals surface area contributed by atoms with Crippen LogP contribution in [-0.4, -0.2) is 31.4 Å². The fraction of sp³-hybridized carbons (Fsp3) is 0.125. The minimum atomic E-state index is -0.297. The lowest BCUT2D eigenvalue weighted by Gasteiger charge is -1.96. The van der Waals surface area contributed by atoms with Gasteiger partial charge in [0.15, 0.2) is 0 Å². The molecule has 0 saturated carbocycles. The highest BCUT2D eigenvalue weighted by Gasteiger charge is 1.97. The second-order valence-corrected chi connectivity index (χ2v) is 2.97. The van der Waals surface area contributed by atoms with E-state index in [1.165, 1.54) is 12.5 Å². The first-order chi connectivity index (χ1) is 7.75. The van der Waals surface area contributed by atoms with Crippen LogP contribution < -0.4 is 11.0 Å². The first-order valence-electron chi connectivity index (χ1n) is 4.47. The fourth-order valence-corrected chi connectivity index (χ4v) is 0.944. The highest BCUT2D eigenvalue weighted by Crippen LogP contribution is 1.91. The Hall–Kier alpha value is -2.51. The Balaban J connectivity index is 2.05. The van der Waals surface area contributed by atoms with Crippen LogP contribution in [0.15, 0.2) is 22.4 Å². The Morgan fingerprint density at radius 2 is 2.38 bits per heavy atom. The van der Waals surface area contributed by atoms with Gasteiger partial charge in [-0.3, -0.25) is 9.78 Å². The van der Waals surface area contributed by atoms with Crippen molar-refractivity contribution in [2.75, 3.05) is 5.43 Å². The van der Waals surface area contributed by atoms with Gasteiger partial charge in [0, 0.05) is 0 Å². The van der Waals surface area contributed by atoms with E-state index in [-0.39, 0.29) is 11.5 Å². The van der Waals surface area contributed by atoms with Crippen molar-refractivity contribution in [1.29, 1.82) is 0 Å².